The van der Waals surface area contributed by atoms with Gasteiger partial charge in [0.2, 0.25) is 0 Å². The van der Waals surface area contributed by atoms with Gasteiger partial charge in [0.1, 0.15) is 0 Å². The van der Waals surface area contributed by atoms with E-state index in [-0.39, 0.29) is 11.1 Å². The number of nitrogens with zero attached hydrogens (tertiary/aromatic N) is 3. The average Bonchev–Trinajstić information content (AvgIpc) is 2.71. The van der Waals surface area contributed by atoms with E-state index < -0.39 is 0 Å². The summed E-state index contributed by atoms with van der Waals surface area (Å²) in [6, 6.07) is 8.29. The van der Waals surface area contributed by atoms with Gasteiger partial charge in [-0.15, -0.1) is 0 Å². The summed E-state index contributed by atoms with van der Waals surface area (Å²) in [5.74, 6) is 0. The van der Waals surface area contributed by atoms with Gasteiger partial charge in [0, 0.05) is 31.5 Å². The predicted molar refractivity (Wildman–Crippen MR) is 94.6 cm³/mol. The first-order valence-electron chi connectivity index (χ1n) is 7.87. The number of fused-ring (bicyclic) bond motifs is 1. The predicted octanol–water partition coefficient (Wildman–Crippen LogP) is 3.76. The van der Waals surface area contributed by atoms with Crippen molar-refractivity contribution in [3.8, 4) is 11.1 Å². The van der Waals surface area contributed by atoms with Crippen LogP contribution in [0.25, 0.3) is 22.2 Å². The highest BCUT2D eigenvalue weighted by molar-refractivity contribution is 5.82. The molecule has 0 atom stereocenters. The van der Waals surface area contributed by atoms with E-state index in [0.29, 0.717) is 6.54 Å². The Balaban J connectivity index is 2.18. The molecule has 0 saturated carbocycles. The SMILES string of the molecule is Cc1cncc(-c2ccc3c(c2)n(C)c(=O)n3CC(C)(C)C)c1. The molecule has 0 spiro atoms. The third kappa shape index (κ3) is 2.93. The van der Waals surface area contributed by atoms with Gasteiger partial charge in [0.05, 0.1) is 11.0 Å². The van der Waals surface area contributed by atoms with E-state index in [2.05, 4.69) is 44.0 Å². The zero-order valence-corrected chi connectivity index (χ0v) is 14.4. The maximum Gasteiger partial charge on any atom is 0.328 e. The zero-order valence-electron chi connectivity index (χ0n) is 14.4. The summed E-state index contributed by atoms with van der Waals surface area (Å²) in [4.78, 5) is 16.8. The molecule has 2 aromatic heterocycles. The molecule has 120 valence electrons. The second kappa shape index (κ2) is 5.37. The first-order valence-corrected chi connectivity index (χ1v) is 7.87. The molecule has 3 aromatic rings. The first-order chi connectivity index (χ1) is 10.8. The fraction of sp³-hybridized carbons (Fsp3) is 0.368. The molecule has 3 rings (SSSR count). The minimum atomic E-state index is 0.0365. The highest BCUT2D eigenvalue weighted by Crippen LogP contribution is 2.25. The van der Waals surface area contributed by atoms with Crippen LogP contribution in [-0.2, 0) is 13.6 Å². The molecule has 0 saturated heterocycles. The van der Waals surface area contributed by atoms with Gasteiger partial charge in [-0.25, -0.2) is 4.79 Å². The van der Waals surface area contributed by atoms with Crippen molar-refractivity contribution in [2.45, 2.75) is 34.2 Å². The molecule has 4 nitrogen and oxygen atoms in total. The summed E-state index contributed by atoms with van der Waals surface area (Å²) in [6.07, 6.45) is 3.70. The maximum atomic E-state index is 12.6. The molecule has 0 radical (unpaired) electrons. The van der Waals surface area contributed by atoms with E-state index in [0.717, 1.165) is 27.7 Å². The number of hydrogen-bond acceptors (Lipinski definition) is 2. The Bertz CT molecular complexity index is 926. The molecule has 2 heterocycles. The van der Waals surface area contributed by atoms with E-state index in [1.165, 1.54) is 0 Å². The Labute approximate surface area is 136 Å². The summed E-state index contributed by atoms with van der Waals surface area (Å²) >= 11 is 0. The van der Waals surface area contributed by atoms with Crippen molar-refractivity contribution in [3.63, 3.8) is 0 Å². The van der Waals surface area contributed by atoms with Crippen LogP contribution in [0.3, 0.4) is 0 Å². The summed E-state index contributed by atoms with van der Waals surface area (Å²) in [7, 11) is 1.84. The Kier molecular flexibility index (Phi) is 3.63. The van der Waals surface area contributed by atoms with Gasteiger partial charge < -0.3 is 0 Å². The Morgan fingerprint density at radius 2 is 1.78 bits per heavy atom. The number of rotatable bonds is 2. The summed E-state index contributed by atoms with van der Waals surface area (Å²) < 4.78 is 3.60. The van der Waals surface area contributed by atoms with Crippen LogP contribution in [0.1, 0.15) is 26.3 Å². The van der Waals surface area contributed by atoms with Crippen LogP contribution in [-0.4, -0.2) is 14.1 Å². The molecule has 0 unspecified atom stereocenters. The molecule has 0 aliphatic carbocycles. The average molecular weight is 309 g/mol. The monoisotopic (exact) mass is 309 g/mol. The number of hydrogen-bond donors (Lipinski definition) is 0. The lowest BCUT2D eigenvalue weighted by Gasteiger charge is -2.18. The lowest BCUT2D eigenvalue weighted by Crippen LogP contribution is -2.27. The van der Waals surface area contributed by atoms with E-state index in [1.807, 2.05) is 37.0 Å². The minimum Gasteiger partial charge on any atom is -0.295 e. The van der Waals surface area contributed by atoms with Crippen LogP contribution in [0.2, 0.25) is 0 Å². The largest absolute Gasteiger partial charge is 0.328 e. The lowest BCUT2D eigenvalue weighted by atomic mass is 9.97. The van der Waals surface area contributed by atoms with E-state index in [1.54, 1.807) is 4.57 Å². The standard InChI is InChI=1S/C19H23N3O/c1-13-8-15(11-20-10-13)14-6-7-16-17(9-14)21(5)18(23)22(16)12-19(2,3)4/h6-11H,12H2,1-5H3. The number of pyridine rings is 1. The van der Waals surface area contributed by atoms with Gasteiger partial charge in [0.15, 0.2) is 0 Å². The zero-order chi connectivity index (χ0) is 16.8. The quantitative estimate of drug-likeness (QED) is 0.723. The number of imidazole rings is 1. The molecule has 0 fully saturated rings. The topological polar surface area (TPSA) is 39.8 Å². The Morgan fingerprint density at radius 3 is 2.43 bits per heavy atom. The number of aromatic nitrogens is 3. The van der Waals surface area contributed by atoms with E-state index in [4.69, 9.17) is 0 Å². The van der Waals surface area contributed by atoms with Crippen LogP contribution >= 0.6 is 0 Å². The second-order valence-corrected chi connectivity index (χ2v) is 7.44. The van der Waals surface area contributed by atoms with Crippen LogP contribution in [0.5, 0.6) is 0 Å². The van der Waals surface area contributed by atoms with Gasteiger partial charge in [0.25, 0.3) is 0 Å². The normalized spacial score (nSPS) is 12.0. The molecular weight excluding hydrogens is 286 g/mol. The molecule has 0 amide bonds. The smallest absolute Gasteiger partial charge is 0.295 e. The first kappa shape index (κ1) is 15.5. The lowest BCUT2D eigenvalue weighted by molar-refractivity contribution is 0.342. The van der Waals surface area contributed by atoms with Gasteiger partial charge in [-0.3, -0.25) is 14.1 Å². The van der Waals surface area contributed by atoms with E-state index in [9.17, 15) is 4.79 Å². The third-order valence-corrected chi connectivity index (χ3v) is 3.99. The van der Waals surface area contributed by atoms with Crippen molar-refractivity contribution in [2.24, 2.45) is 12.5 Å². The highest BCUT2D eigenvalue weighted by Gasteiger charge is 2.18. The molecule has 0 N–H and O–H groups in total. The maximum absolute atomic E-state index is 12.6. The second-order valence-electron chi connectivity index (χ2n) is 7.44. The van der Waals surface area contributed by atoms with Crippen molar-refractivity contribution in [1.29, 1.82) is 0 Å². The minimum absolute atomic E-state index is 0.0365. The molecule has 0 aliphatic heterocycles. The van der Waals surface area contributed by atoms with Crippen LogP contribution < -0.4 is 5.69 Å². The van der Waals surface area contributed by atoms with Crippen LogP contribution in [0.4, 0.5) is 0 Å². The molecule has 0 aliphatic rings. The van der Waals surface area contributed by atoms with Gasteiger partial charge in [-0.1, -0.05) is 26.8 Å². The van der Waals surface area contributed by atoms with Gasteiger partial charge >= 0.3 is 5.69 Å². The third-order valence-electron chi connectivity index (χ3n) is 3.99. The molecular formula is C19H23N3O. The van der Waals surface area contributed by atoms with Gasteiger partial charge in [-0.05, 0) is 41.7 Å². The number of benzene rings is 1. The van der Waals surface area contributed by atoms with E-state index >= 15 is 0 Å². The van der Waals surface area contributed by atoms with Crippen molar-refractivity contribution in [1.82, 2.24) is 14.1 Å². The van der Waals surface area contributed by atoms with Crippen molar-refractivity contribution < 1.29 is 0 Å². The van der Waals surface area contributed by atoms with Crippen molar-refractivity contribution in [2.75, 3.05) is 0 Å². The van der Waals surface area contributed by atoms with Crippen molar-refractivity contribution in [3.05, 3.63) is 52.7 Å². The molecule has 1 aromatic carbocycles. The summed E-state index contributed by atoms with van der Waals surface area (Å²) in [5, 5.41) is 0. The number of aryl methyl sites for hydroxylation is 2. The fourth-order valence-electron chi connectivity index (χ4n) is 2.93. The van der Waals surface area contributed by atoms with Crippen LogP contribution in [0.15, 0.2) is 41.5 Å². The molecule has 0 bridgehead atoms. The Hall–Kier alpha value is -2.36. The fourth-order valence-corrected chi connectivity index (χ4v) is 2.93. The summed E-state index contributed by atoms with van der Waals surface area (Å²) in [6.45, 7) is 9.17. The van der Waals surface area contributed by atoms with Crippen LogP contribution in [0, 0.1) is 12.3 Å². The molecule has 23 heavy (non-hydrogen) atoms. The highest BCUT2D eigenvalue weighted by atomic mass is 16.1. The van der Waals surface area contributed by atoms with Crippen molar-refractivity contribution >= 4 is 11.0 Å². The summed E-state index contributed by atoms with van der Waals surface area (Å²) in [5.41, 5.74) is 5.31. The Morgan fingerprint density at radius 1 is 1.04 bits per heavy atom. The molecule has 4 heteroatoms. The van der Waals surface area contributed by atoms with Gasteiger partial charge in [-0.2, -0.15) is 0 Å².